The monoisotopic (exact) mass is 180 g/mol. The summed E-state index contributed by atoms with van der Waals surface area (Å²) in [6.45, 7) is 3.11. The zero-order valence-corrected chi connectivity index (χ0v) is 6.66. The lowest BCUT2D eigenvalue weighted by Crippen LogP contribution is -2.05. The fourth-order valence-corrected chi connectivity index (χ4v) is 1.16. The lowest BCUT2D eigenvalue weighted by Gasteiger charge is -2.06. The summed E-state index contributed by atoms with van der Waals surface area (Å²) in [5.41, 5.74) is 0. The van der Waals surface area contributed by atoms with Gasteiger partial charge in [-0.1, -0.05) is 6.08 Å². The smallest absolute Gasteiger partial charge is 0.339 e. The summed E-state index contributed by atoms with van der Waals surface area (Å²) in [4.78, 5) is 18.7. The minimum atomic E-state index is -3.94. The van der Waals surface area contributed by atoms with E-state index in [1.54, 1.807) is 0 Å². The maximum atomic E-state index is 10.7. The minimum Gasteiger partial charge on any atom is -0.481 e. The van der Waals surface area contributed by atoms with E-state index in [0.29, 0.717) is 0 Å². The Morgan fingerprint density at radius 1 is 1.73 bits per heavy atom. The second-order valence-corrected chi connectivity index (χ2v) is 3.62. The zero-order valence-electron chi connectivity index (χ0n) is 5.77. The van der Waals surface area contributed by atoms with E-state index in [9.17, 15) is 9.36 Å². The van der Waals surface area contributed by atoms with Gasteiger partial charge in [-0.05, 0) is 0 Å². The molecule has 1 atom stereocenters. The third kappa shape index (κ3) is 5.79. The first kappa shape index (κ1) is 10.4. The van der Waals surface area contributed by atoms with E-state index >= 15 is 0 Å². The maximum Gasteiger partial charge on any atom is 0.339 e. The molecule has 0 aliphatic heterocycles. The van der Waals surface area contributed by atoms with Crippen molar-refractivity contribution in [2.24, 2.45) is 0 Å². The molecule has 0 rings (SSSR count). The summed E-state index contributed by atoms with van der Waals surface area (Å²) in [7, 11) is -3.94. The van der Waals surface area contributed by atoms with Crippen LogP contribution in [-0.4, -0.2) is 28.7 Å². The Kier molecular flexibility index (Phi) is 4.03. The van der Waals surface area contributed by atoms with E-state index in [2.05, 4.69) is 11.1 Å². The van der Waals surface area contributed by atoms with Crippen molar-refractivity contribution in [1.29, 1.82) is 0 Å². The lowest BCUT2D eigenvalue weighted by molar-refractivity contribution is -0.134. The normalized spacial score (nSPS) is 15.4. The van der Waals surface area contributed by atoms with Gasteiger partial charge in [0.05, 0.1) is 6.61 Å². The van der Waals surface area contributed by atoms with Crippen molar-refractivity contribution in [3.63, 3.8) is 0 Å². The topological polar surface area (TPSA) is 83.8 Å². The Morgan fingerprint density at radius 2 is 2.27 bits per heavy atom. The van der Waals surface area contributed by atoms with Gasteiger partial charge in [-0.3, -0.25) is 9.36 Å². The molecule has 0 aliphatic rings. The highest BCUT2D eigenvalue weighted by molar-refractivity contribution is 7.53. The van der Waals surface area contributed by atoms with E-state index in [4.69, 9.17) is 10.00 Å². The van der Waals surface area contributed by atoms with Gasteiger partial charge in [0.1, 0.15) is 6.16 Å². The van der Waals surface area contributed by atoms with Crippen LogP contribution in [0.3, 0.4) is 0 Å². The molecule has 0 saturated heterocycles. The Balaban J connectivity index is 3.90. The van der Waals surface area contributed by atoms with Crippen molar-refractivity contribution in [2.75, 3.05) is 12.8 Å². The van der Waals surface area contributed by atoms with Crippen LogP contribution >= 0.6 is 7.60 Å². The molecule has 0 aliphatic carbocycles. The average molecular weight is 180 g/mol. The highest BCUT2D eigenvalue weighted by Crippen LogP contribution is 2.40. The van der Waals surface area contributed by atoms with Crippen molar-refractivity contribution in [3.05, 3.63) is 12.7 Å². The molecule has 6 heteroatoms. The molecule has 0 spiro atoms. The summed E-state index contributed by atoms with van der Waals surface area (Å²) in [6.07, 6.45) is 0.394. The van der Waals surface area contributed by atoms with Crippen LogP contribution in [0.15, 0.2) is 12.7 Å². The molecule has 0 amide bonds. The molecule has 2 N–H and O–H groups in total. The molecule has 0 saturated carbocycles. The fraction of sp³-hybridized carbons (Fsp3) is 0.400. The maximum absolute atomic E-state index is 10.7. The molecule has 0 radical (unpaired) electrons. The zero-order chi connectivity index (χ0) is 8.91. The quantitative estimate of drug-likeness (QED) is 0.474. The molecule has 11 heavy (non-hydrogen) atoms. The minimum absolute atomic E-state index is 0.124. The number of rotatable bonds is 5. The number of hydrogen-bond donors (Lipinski definition) is 2. The van der Waals surface area contributed by atoms with Gasteiger partial charge in [0.15, 0.2) is 0 Å². The molecule has 0 aromatic carbocycles. The van der Waals surface area contributed by atoms with Crippen LogP contribution in [0.25, 0.3) is 0 Å². The first-order valence-electron chi connectivity index (χ1n) is 2.77. The average Bonchev–Trinajstić information content (AvgIpc) is 1.81. The molecule has 5 nitrogen and oxygen atoms in total. The molecule has 0 aromatic rings. The van der Waals surface area contributed by atoms with Crippen molar-refractivity contribution in [2.45, 2.75) is 0 Å². The number of aliphatic carboxylic acids is 1. The number of carboxylic acids is 1. The molecule has 0 heterocycles. The molecular formula is C5H9O5P. The van der Waals surface area contributed by atoms with Crippen molar-refractivity contribution in [1.82, 2.24) is 0 Å². The summed E-state index contributed by atoms with van der Waals surface area (Å²) >= 11 is 0. The van der Waals surface area contributed by atoms with Crippen LogP contribution in [0.1, 0.15) is 0 Å². The Labute approximate surface area is 63.8 Å². The third-order valence-electron chi connectivity index (χ3n) is 0.729. The van der Waals surface area contributed by atoms with Crippen LogP contribution in [0, 0.1) is 0 Å². The van der Waals surface area contributed by atoms with E-state index < -0.39 is 19.7 Å². The highest BCUT2D eigenvalue weighted by atomic mass is 31.2. The third-order valence-corrected chi connectivity index (χ3v) is 1.95. The van der Waals surface area contributed by atoms with E-state index in [1.807, 2.05) is 0 Å². The Hall–Kier alpha value is -0.640. The second kappa shape index (κ2) is 4.28. The predicted molar refractivity (Wildman–Crippen MR) is 38.5 cm³/mol. The first-order valence-corrected chi connectivity index (χ1v) is 4.53. The SMILES string of the molecule is C=CCOP(=O)(O)CC(=O)O. The van der Waals surface area contributed by atoms with E-state index in [0.717, 1.165) is 0 Å². The Morgan fingerprint density at radius 3 is 2.64 bits per heavy atom. The van der Waals surface area contributed by atoms with Gasteiger partial charge in [0.2, 0.25) is 0 Å². The fourth-order valence-electron chi connectivity index (χ4n) is 0.386. The summed E-state index contributed by atoms with van der Waals surface area (Å²) < 4.78 is 15.0. The lowest BCUT2D eigenvalue weighted by atomic mass is 10.7. The van der Waals surface area contributed by atoms with Crippen molar-refractivity contribution < 1.29 is 23.9 Å². The van der Waals surface area contributed by atoms with Gasteiger partial charge in [0, 0.05) is 0 Å². The van der Waals surface area contributed by atoms with Gasteiger partial charge in [-0.25, -0.2) is 0 Å². The molecule has 1 unspecified atom stereocenters. The van der Waals surface area contributed by atoms with Crippen LogP contribution in [0.4, 0.5) is 0 Å². The summed E-state index contributed by atoms with van der Waals surface area (Å²) in [5, 5.41) is 8.11. The van der Waals surface area contributed by atoms with Crippen LogP contribution in [0.5, 0.6) is 0 Å². The largest absolute Gasteiger partial charge is 0.481 e. The van der Waals surface area contributed by atoms with Gasteiger partial charge in [0.25, 0.3) is 0 Å². The number of carbonyl (C=O) groups is 1. The summed E-state index contributed by atoms with van der Waals surface area (Å²) in [6, 6.07) is 0. The molecule has 64 valence electrons. The van der Waals surface area contributed by atoms with E-state index in [-0.39, 0.29) is 6.61 Å². The number of hydrogen-bond acceptors (Lipinski definition) is 3. The van der Waals surface area contributed by atoms with Crippen LogP contribution in [0.2, 0.25) is 0 Å². The van der Waals surface area contributed by atoms with Gasteiger partial charge in [-0.15, -0.1) is 6.58 Å². The first-order chi connectivity index (χ1) is 4.98. The second-order valence-electron chi connectivity index (χ2n) is 1.77. The summed E-state index contributed by atoms with van der Waals surface area (Å²) in [5.74, 6) is -1.36. The van der Waals surface area contributed by atoms with Crippen LogP contribution in [-0.2, 0) is 13.9 Å². The molecule has 0 aromatic heterocycles. The Bertz CT molecular complexity index is 199. The van der Waals surface area contributed by atoms with Gasteiger partial charge < -0.3 is 14.5 Å². The van der Waals surface area contributed by atoms with E-state index in [1.165, 1.54) is 6.08 Å². The van der Waals surface area contributed by atoms with Crippen molar-refractivity contribution >= 4 is 13.6 Å². The standard InChI is InChI=1S/C5H9O5P/c1-2-3-10-11(8,9)4-5(6)7/h2H,1,3-4H2,(H,6,7)(H,8,9). The molecular weight excluding hydrogens is 171 g/mol. The van der Waals surface area contributed by atoms with Crippen molar-refractivity contribution in [3.8, 4) is 0 Å². The predicted octanol–water partition coefficient (Wildman–Crippen LogP) is 0.459. The molecule has 0 bridgehead atoms. The van der Waals surface area contributed by atoms with Gasteiger partial charge >= 0.3 is 13.6 Å². The van der Waals surface area contributed by atoms with Crippen LogP contribution < -0.4 is 0 Å². The highest BCUT2D eigenvalue weighted by Gasteiger charge is 2.22. The molecule has 0 fully saturated rings. The number of carboxylic acid groups (broad SMARTS) is 1. The van der Waals surface area contributed by atoms with Gasteiger partial charge in [-0.2, -0.15) is 0 Å².